The maximum atomic E-state index is 13.7. The number of methoxy groups -OCH3 is 1. The number of nitrogens with one attached hydrogen (secondary N) is 3. The molecule has 3 aromatic rings. The predicted molar refractivity (Wildman–Crippen MR) is 145 cm³/mol. The Bertz CT molecular complexity index is 1490. The van der Waals surface area contributed by atoms with Crippen molar-refractivity contribution in [1.29, 1.82) is 0 Å². The normalized spacial score (nSPS) is 19.4. The first-order valence-electron chi connectivity index (χ1n) is 13.3. The van der Waals surface area contributed by atoms with Crippen LogP contribution in [0, 0.1) is 11.2 Å². The van der Waals surface area contributed by atoms with E-state index >= 15 is 0 Å². The van der Waals surface area contributed by atoms with Gasteiger partial charge in [-0.25, -0.2) is 4.39 Å². The topological polar surface area (TPSA) is 109 Å². The quantitative estimate of drug-likeness (QED) is 0.373. The average Bonchev–Trinajstić information content (AvgIpc) is 3.34. The van der Waals surface area contributed by atoms with Crippen molar-refractivity contribution < 1.29 is 18.7 Å². The van der Waals surface area contributed by atoms with Crippen LogP contribution in [0.4, 0.5) is 10.2 Å². The number of halogens is 1. The molecule has 8 nitrogen and oxygen atoms in total. The smallest absolute Gasteiger partial charge is 0.269 e. The van der Waals surface area contributed by atoms with E-state index in [0.29, 0.717) is 47.9 Å². The zero-order chi connectivity index (χ0) is 27.0. The molecule has 0 radical (unpaired) electrons. The lowest BCUT2D eigenvalue weighted by molar-refractivity contribution is -0.120. The molecule has 1 aliphatic heterocycles. The van der Waals surface area contributed by atoms with E-state index in [0.717, 1.165) is 42.5 Å². The van der Waals surface area contributed by atoms with E-state index in [1.54, 1.807) is 19.4 Å². The second-order valence-corrected chi connectivity index (χ2v) is 10.6. The molecule has 200 valence electrons. The van der Waals surface area contributed by atoms with Crippen LogP contribution >= 0.6 is 0 Å². The van der Waals surface area contributed by atoms with Crippen LogP contribution in [-0.2, 0) is 9.53 Å². The fourth-order valence-corrected chi connectivity index (χ4v) is 5.93. The fraction of sp³-hybridized carbons (Fsp3) is 0.333. The second kappa shape index (κ2) is 10.2. The standard InChI is InChI=1S/C30H30FN5O3/c1-39-13-12-32-29(38)27-26-22(9-8-21-7-6-19(17-33-21)18-4-2-5-20(31)14-18)25-23(34-28(26)36-35-27)15-30(10-3-11-30)16-24(25)37/h2,4-9,14,17,22H,3,10-13,15-16H2,1H3,(H,32,38)(H2,34,35,36)/b9-8+. The fourth-order valence-electron chi connectivity index (χ4n) is 5.93. The first-order valence-corrected chi connectivity index (χ1v) is 13.3. The number of pyridine rings is 1. The third kappa shape index (κ3) is 4.78. The Hall–Kier alpha value is -4.11. The van der Waals surface area contributed by atoms with Gasteiger partial charge in [0, 0.05) is 54.6 Å². The van der Waals surface area contributed by atoms with Crippen molar-refractivity contribution in [2.45, 2.75) is 38.0 Å². The molecule has 3 heterocycles. The van der Waals surface area contributed by atoms with E-state index < -0.39 is 5.92 Å². The van der Waals surface area contributed by atoms with Gasteiger partial charge in [-0.1, -0.05) is 30.7 Å². The Labute approximate surface area is 225 Å². The van der Waals surface area contributed by atoms with Crippen molar-refractivity contribution in [2.24, 2.45) is 5.41 Å². The number of H-pyrrole nitrogens is 1. The van der Waals surface area contributed by atoms with Crippen molar-refractivity contribution in [3.63, 3.8) is 0 Å². The van der Waals surface area contributed by atoms with Crippen molar-refractivity contribution in [3.8, 4) is 11.1 Å². The largest absolute Gasteiger partial charge is 0.383 e. The molecule has 1 aromatic carbocycles. The van der Waals surface area contributed by atoms with Crippen LogP contribution in [0.1, 0.15) is 59.8 Å². The minimum absolute atomic E-state index is 0.0413. The van der Waals surface area contributed by atoms with Gasteiger partial charge < -0.3 is 15.4 Å². The Morgan fingerprint density at radius 3 is 2.82 bits per heavy atom. The molecule has 3 aliphatic rings. The molecule has 1 amide bonds. The number of benzene rings is 1. The molecule has 1 atom stereocenters. The first kappa shape index (κ1) is 25.2. The maximum Gasteiger partial charge on any atom is 0.269 e. The first-order chi connectivity index (χ1) is 19.0. The minimum atomic E-state index is -0.451. The highest BCUT2D eigenvalue weighted by Crippen LogP contribution is 2.55. The molecule has 2 aliphatic carbocycles. The molecular weight excluding hydrogens is 497 g/mol. The van der Waals surface area contributed by atoms with Crippen molar-refractivity contribution in [2.75, 3.05) is 25.6 Å². The van der Waals surface area contributed by atoms with Crippen molar-refractivity contribution in [1.82, 2.24) is 20.5 Å². The SMILES string of the molecule is COCCNC(=O)c1[nH]nc2c1C(/C=C/c1ccc(-c3cccc(F)c3)cn1)C1=C(CC3(CCC3)CC1=O)N2. The number of carbonyl (C=O) groups excluding carboxylic acids is 2. The van der Waals surface area contributed by atoms with Crippen molar-refractivity contribution >= 4 is 23.6 Å². The van der Waals surface area contributed by atoms with Gasteiger partial charge in [-0.3, -0.25) is 19.7 Å². The number of amides is 1. The number of anilines is 1. The van der Waals surface area contributed by atoms with Gasteiger partial charge in [-0.15, -0.1) is 0 Å². The van der Waals surface area contributed by atoms with E-state index in [1.807, 2.05) is 30.4 Å². The summed E-state index contributed by atoms with van der Waals surface area (Å²) in [5.74, 6) is -0.372. The molecule has 6 rings (SSSR count). The lowest BCUT2D eigenvalue weighted by Crippen LogP contribution is -2.40. The third-order valence-electron chi connectivity index (χ3n) is 8.04. The molecule has 0 saturated heterocycles. The predicted octanol–water partition coefficient (Wildman–Crippen LogP) is 5.00. The number of nitrogens with zero attached hydrogens (tertiary/aromatic N) is 2. The van der Waals surface area contributed by atoms with E-state index in [-0.39, 0.29) is 22.9 Å². The highest BCUT2D eigenvalue weighted by molar-refractivity contribution is 6.03. The number of Topliss-reactive ketones (excluding diaryl/α,β-unsaturated/α-hetero) is 1. The highest BCUT2D eigenvalue weighted by Gasteiger charge is 2.47. The Morgan fingerprint density at radius 1 is 1.23 bits per heavy atom. The van der Waals surface area contributed by atoms with Gasteiger partial charge in [-0.2, -0.15) is 5.10 Å². The van der Waals surface area contributed by atoms with Crippen LogP contribution in [0.2, 0.25) is 0 Å². The molecule has 0 bridgehead atoms. The van der Waals surface area contributed by atoms with E-state index in [9.17, 15) is 14.0 Å². The molecule has 2 aromatic heterocycles. The molecule has 1 saturated carbocycles. The lowest BCUT2D eigenvalue weighted by Gasteiger charge is -2.47. The number of ketones is 1. The molecule has 1 spiro atoms. The van der Waals surface area contributed by atoms with Gasteiger partial charge in [0.1, 0.15) is 11.5 Å². The molecule has 1 fully saturated rings. The zero-order valence-electron chi connectivity index (χ0n) is 21.7. The van der Waals surface area contributed by atoms with Gasteiger partial charge in [-0.05, 0) is 54.5 Å². The number of aromatic amines is 1. The highest BCUT2D eigenvalue weighted by atomic mass is 19.1. The minimum Gasteiger partial charge on any atom is -0.383 e. The third-order valence-corrected chi connectivity index (χ3v) is 8.04. The van der Waals surface area contributed by atoms with E-state index in [2.05, 4.69) is 25.8 Å². The number of rotatable bonds is 7. The second-order valence-electron chi connectivity index (χ2n) is 10.6. The summed E-state index contributed by atoms with van der Waals surface area (Å²) in [5, 5.41) is 13.5. The summed E-state index contributed by atoms with van der Waals surface area (Å²) in [6.45, 7) is 0.741. The van der Waals surface area contributed by atoms with E-state index in [4.69, 9.17) is 4.74 Å². The number of carbonyl (C=O) groups is 2. The summed E-state index contributed by atoms with van der Waals surface area (Å²) in [5.41, 5.74) is 4.84. The molecule has 39 heavy (non-hydrogen) atoms. The Kier molecular flexibility index (Phi) is 6.60. The van der Waals surface area contributed by atoms with Gasteiger partial charge in [0.05, 0.1) is 12.3 Å². The van der Waals surface area contributed by atoms with Gasteiger partial charge >= 0.3 is 0 Å². The summed E-state index contributed by atoms with van der Waals surface area (Å²) in [6.07, 6.45) is 10.1. The molecule has 3 N–H and O–H groups in total. The van der Waals surface area contributed by atoms with Gasteiger partial charge in [0.15, 0.2) is 11.6 Å². The van der Waals surface area contributed by atoms with Crippen molar-refractivity contribution in [3.05, 3.63) is 82.7 Å². The summed E-state index contributed by atoms with van der Waals surface area (Å²) in [7, 11) is 1.57. The molecule has 1 unspecified atom stereocenters. The summed E-state index contributed by atoms with van der Waals surface area (Å²) in [6, 6.07) is 10.1. The summed E-state index contributed by atoms with van der Waals surface area (Å²) >= 11 is 0. The van der Waals surface area contributed by atoms with Crippen LogP contribution in [0.25, 0.3) is 17.2 Å². The summed E-state index contributed by atoms with van der Waals surface area (Å²) in [4.78, 5) is 31.2. The Morgan fingerprint density at radius 2 is 2.10 bits per heavy atom. The Balaban J connectivity index is 1.34. The average molecular weight is 528 g/mol. The van der Waals surface area contributed by atoms with Crippen LogP contribution in [0.15, 0.2) is 59.9 Å². The van der Waals surface area contributed by atoms with Crippen LogP contribution < -0.4 is 10.6 Å². The lowest BCUT2D eigenvalue weighted by atomic mass is 9.59. The van der Waals surface area contributed by atoms with Crippen LogP contribution in [-0.4, -0.2) is 47.1 Å². The number of hydrogen-bond acceptors (Lipinski definition) is 6. The van der Waals surface area contributed by atoms with Crippen LogP contribution in [0.3, 0.4) is 0 Å². The monoisotopic (exact) mass is 527 g/mol. The molecule has 9 heteroatoms. The summed E-state index contributed by atoms with van der Waals surface area (Å²) < 4.78 is 18.7. The van der Waals surface area contributed by atoms with Gasteiger partial charge in [0.2, 0.25) is 0 Å². The maximum absolute atomic E-state index is 13.7. The number of allylic oxidation sites excluding steroid dienone is 3. The van der Waals surface area contributed by atoms with Crippen LogP contribution in [0.5, 0.6) is 0 Å². The number of ether oxygens (including phenoxy) is 1. The number of aromatic nitrogens is 3. The van der Waals surface area contributed by atoms with E-state index in [1.165, 1.54) is 12.1 Å². The van der Waals surface area contributed by atoms with Gasteiger partial charge in [0.25, 0.3) is 5.91 Å². The molecular formula is C30H30FN5O3. The number of fused-ring (bicyclic) bond motifs is 1. The number of hydrogen-bond donors (Lipinski definition) is 3. The zero-order valence-corrected chi connectivity index (χ0v) is 21.7.